The van der Waals surface area contributed by atoms with Crippen LogP contribution >= 0.6 is 0 Å². The van der Waals surface area contributed by atoms with E-state index in [1.165, 1.54) is 40.2 Å². The Hall–Kier alpha value is -4.97. The highest BCUT2D eigenvalue weighted by Gasteiger charge is 2.30. The Morgan fingerprint density at radius 3 is 2.20 bits per heavy atom. The van der Waals surface area contributed by atoms with E-state index in [4.69, 9.17) is 33.2 Å². The van der Waals surface area contributed by atoms with Gasteiger partial charge >= 0.3 is 5.97 Å². The molecular formula is C32H35N3O9. The molecule has 2 aliphatic heterocycles. The first kappa shape index (κ1) is 30.5. The van der Waals surface area contributed by atoms with Crippen LogP contribution in [0, 0.1) is 0 Å². The molecule has 1 fully saturated rings. The number of hydrogen-bond acceptors (Lipinski definition) is 11. The van der Waals surface area contributed by atoms with Crippen molar-refractivity contribution in [3.05, 3.63) is 64.2 Å². The highest BCUT2D eigenvalue weighted by atomic mass is 16.5. The first-order valence-electron chi connectivity index (χ1n) is 14.0. The third-order valence-electron chi connectivity index (χ3n) is 7.41. The lowest BCUT2D eigenvalue weighted by atomic mass is 9.95. The van der Waals surface area contributed by atoms with Gasteiger partial charge < -0.3 is 38.2 Å². The van der Waals surface area contributed by atoms with E-state index in [2.05, 4.69) is 4.99 Å². The lowest BCUT2D eigenvalue weighted by molar-refractivity contribution is 0.0580. The van der Waals surface area contributed by atoms with Gasteiger partial charge in [0.25, 0.3) is 5.56 Å². The molecular weight excluding hydrogens is 570 g/mol. The van der Waals surface area contributed by atoms with Crippen molar-refractivity contribution in [3.8, 4) is 39.9 Å². The van der Waals surface area contributed by atoms with Crippen LogP contribution in [0.15, 0.2) is 58.0 Å². The summed E-state index contributed by atoms with van der Waals surface area (Å²) < 4.78 is 40.9. The molecule has 0 aliphatic carbocycles. The standard InChI is InChI=1S/C32H35N3O9/c1-38-24-17-22-23(18-25(24)44-19-20-7-6-9-33-10-8-20)31(36)35(34-11-13-43-14-12-34)29(32(37)42-5)28(22)21-15-26(39-2)30(41-4)27(16-21)40-3/h7-10,15-18H,6,11-14,19H2,1-5H3. The Kier molecular flexibility index (Phi) is 9.39. The maximum absolute atomic E-state index is 14.4. The Bertz CT molecular complexity index is 1680. The fraction of sp³-hybridized carbons (Fsp3) is 0.344. The Morgan fingerprint density at radius 2 is 1.57 bits per heavy atom. The van der Waals surface area contributed by atoms with Gasteiger partial charge in [-0.15, -0.1) is 0 Å². The van der Waals surface area contributed by atoms with Crippen LogP contribution in [0.1, 0.15) is 16.9 Å². The van der Waals surface area contributed by atoms with Gasteiger partial charge in [-0.05, 0) is 41.5 Å². The molecule has 0 N–H and O–H groups in total. The molecule has 1 saturated heterocycles. The molecule has 44 heavy (non-hydrogen) atoms. The lowest BCUT2D eigenvalue weighted by Gasteiger charge is -2.33. The van der Waals surface area contributed by atoms with Gasteiger partial charge in [0, 0.05) is 29.8 Å². The number of carbonyl (C=O) groups excluding carboxylic acids is 1. The normalized spacial score (nSPS) is 14.6. The molecule has 12 heteroatoms. The second-order valence-electron chi connectivity index (χ2n) is 9.81. The zero-order chi connectivity index (χ0) is 31.2. The van der Waals surface area contributed by atoms with Gasteiger partial charge in [0.05, 0.1) is 67.2 Å². The number of fused-ring (bicyclic) bond motifs is 1. The van der Waals surface area contributed by atoms with E-state index >= 15 is 0 Å². The van der Waals surface area contributed by atoms with E-state index in [0.29, 0.717) is 83.4 Å². The summed E-state index contributed by atoms with van der Waals surface area (Å²) in [6, 6.07) is 6.79. The van der Waals surface area contributed by atoms with Crippen molar-refractivity contribution in [3.63, 3.8) is 0 Å². The number of morpholine rings is 1. The smallest absolute Gasteiger partial charge is 0.357 e. The Morgan fingerprint density at radius 1 is 0.886 bits per heavy atom. The predicted molar refractivity (Wildman–Crippen MR) is 166 cm³/mol. The van der Waals surface area contributed by atoms with Gasteiger partial charge in [0.2, 0.25) is 5.75 Å². The predicted octanol–water partition coefficient (Wildman–Crippen LogP) is 3.75. The lowest BCUT2D eigenvalue weighted by Crippen LogP contribution is -2.51. The molecule has 0 saturated carbocycles. The largest absolute Gasteiger partial charge is 0.493 e. The number of carbonyl (C=O) groups is 1. The second kappa shape index (κ2) is 13.6. The highest BCUT2D eigenvalue weighted by Crippen LogP contribution is 2.45. The van der Waals surface area contributed by atoms with E-state index in [1.807, 2.05) is 12.2 Å². The number of rotatable bonds is 10. The van der Waals surface area contributed by atoms with Crippen molar-refractivity contribution < 1.29 is 38.0 Å². The molecule has 232 valence electrons. The van der Waals surface area contributed by atoms with Gasteiger partial charge in [-0.3, -0.25) is 9.79 Å². The average molecular weight is 606 g/mol. The number of esters is 1. The Labute approximate surface area is 254 Å². The maximum Gasteiger partial charge on any atom is 0.357 e. The summed E-state index contributed by atoms with van der Waals surface area (Å²) >= 11 is 0. The highest BCUT2D eigenvalue weighted by molar-refractivity contribution is 6.08. The molecule has 2 aromatic carbocycles. The maximum atomic E-state index is 14.4. The summed E-state index contributed by atoms with van der Waals surface area (Å²) in [5.41, 5.74) is 1.47. The molecule has 0 atom stereocenters. The van der Waals surface area contributed by atoms with E-state index in [1.54, 1.807) is 41.7 Å². The molecule has 0 amide bonds. The van der Waals surface area contributed by atoms with Gasteiger partial charge in [-0.2, -0.15) is 0 Å². The summed E-state index contributed by atoms with van der Waals surface area (Å²) in [6.07, 6.45) is 8.07. The van der Waals surface area contributed by atoms with Gasteiger partial charge in [-0.25, -0.2) is 9.47 Å². The number of nitrogens with zero attached hydrogens (tertiary/aromatic N) is 3. The topological polar surface area (TPSA) is 119 Å². The number of ether oxygens (including phenoxy) is 7. The number of aliphatic imine (C=N–C) groups is 1. The molecule has 5 rings (SSSR count). The number of pyridine rings is 1. The third-order valence-corrected chi connectivity index (χ3v) is 7.41. The van der Waals surface area contributed by atoms with E-state index in [0.717, 1.165) is 5.57 Å². The zero-order valence-corrected chi connectivity index (χ0v) is 25.4. The van der Waals surface area contributed by atoms with Crippen LogP contribution in [0.4, 0.5) is 0 Å². The zero-order valence-electron chi connectivity index (χ0n) is 25.4. The van der Waals surface area contributed by atoms with Crippen LogP contribution in [0.3, 0.4) is 0 Å². The number of benzene rings is 2. The molecule has 2 aliphatic rings. The molecule has 1 aromatic heterocycles. The molecule has 12 nitrogen and oxygen atoms in total. The van der Waals surface area contributed by atoms with Crippen molar-refractivity contribution >= 4 is 23.0 Å². The van der Waals surface area contributed by atoms with Crippen molar-refractivity contribution in [2.75, 3.05) is 73.5 Å². The van der Waals surface area contributed by atoms with E-state index < -0.39 is 11.5 Å². The van der Waals surface area contributed by atoms with Crippen LogP contribution in [0.2, 0.25) is 0 Å². The van der Waals surface area contributed by atoms with Crippen LogP contribution in [0.5, 0.6) is 28.7 Å². The van der Waals surface area contributed by atoms with Crippen LogP contribution in [-0.2, 0) is 9.47 Å². The van der Waals surface area contributed by atoms with Gasteiger partial charge in [-0.1, -0.05) is 6.08 Å². The number of allylic oxidation sites excluding steroid dienone is 1. The quantitative estimate of drug-likeness (QED) is 0.316. The summed E-state index contributed by atoms with van der Waals surface area (Å²) in [6.45, 7) is 1.76. The fourth-order valence-corrected chi connectivity index (χ4v) is 5.29. The number of methoxy groups -OCH3 is 5. The van der Waals surface area contributed by atoms with Crippen molar-refractivity contribution in [2.45, 2.75) is 6.42 Å². The first-order valence-corrected chi connectivity index (χ1v) is 14.0. The average Bonchev–Trinajstić information content (AvgIpc) is 3.35. The number of aromatic nitrogens is 1. The first-order chi connectivity index (χ1) is 21.4. The van der Waals surface area contributed by atoms with Crippen molar-refractivity contribution in [1.82, 2.24) is 4.68 Å². The third kappa shape index (κ3) is 5.80. The summed E-state index contributed by atoms with van der Waals surface area (Å²) in [5, 5.41) is 2.53. The van der Waals surface area contributed by atoms with E-state index in [9.17, 15) is 9.59 Å². The van der Waals surface area contributed by atoms with Crippen LogP contribution in [0.25, 0.3) is 21.9 Å². The summed E-state index contributed by atoms with van der Waals surface area (Å²) in [4.78, 5) is 32.2. The number of hydrogen-bond donors (Lipinski definition) is 0. The van der Waals surface area contributed by atoms with Crippen LogP contribution in [-0.4, -0.2) is 85.3 Å². The molecule has 0 spiro atoms. The fourth-order valence-electron chi connectivity index (χ4n) is 5.29. The molecule has 0 bridgehead atoms. The minimum Gasteiger partial charge on any atom is -0.493 e. The second-order valence-corrected chi connectivity index (χ2v) is 9.81. The monoisotopic (exact) mass is 605 g/mol. The van der Waals surface area contributed by atoms with Gasteiger partial charge in [0.1, 0.15) is 6.61 Å². The molecule has 3 heterocycles. The van der Waals surface area contributed by atoms with Crippen LogP contribution < -0.4 is 34.3 Å². The minimum absolute atomic E-state index is 0.0330. The Balaban J connectivity index is 1.83. The van der Waals surface area contributed by atoms with Gasteiger partial charge in [0.15, 0.2) is 28.7 Å². The molecule has 3 aromatic rings. The van der Waals surface area contributed by atoms with Crippen molar-refractivity contribution in [1.29, 1.82) is 0 Å². The van der Waals surface area contributed by atoms with Crippen molar-refractivity contribution in [2.24, 2.45) is 4.99 Å². The van der Waals surface area contributed by atoms with E-state index in [-0.39, 0.29) is 12.3 Å². The molecule has 0 unspecified atom stereocenters. The summed E-state index contributed by atoms with van der Waals surface area (Å²) in [7, 11) is 7.31. The SMILES string of the molecule is COC(=O)c1c(-c2cc(OC)c(OC)c(OC)c2)c2cc(OC)c(OCC3=CCC=NC=C3)cc2c(=O)n1N1CCOCC1. The summed E-state index contributed by atoms with van der Waals surface area (Å²) in [5.74, 6) is 1.16. The molecule has 0 radical (unpaired) electrons. The minimum atomic E-state index is -0.701.